The second-order valence-corrected chi connectivity index (χ2v) is 6.73. The van der Waals surface area contributed by atoms with Gasteiger partial charge in [-0.05, 0) is 25.5 Å². The van der Waals surface area contributed by atoms with Gasteiger partial charge < -0.3 is 25.0 Å². The van der Waals surface area contributed by atoms with Crippen molar-refractivity contribution in [1.82, 2.24) is 15.5 Å². The van der Waals surface area contributed by atoms with Crippen LogP contribution in [-0.4, -0.2) is 50.1 Å². The lowest BCUT2D eigenvalue weighted by Crippen LogP contribution is -2.44. The van der Waals surface area contributed by atoms with E-state index in [4.69, 9.17) is 4.74 Å². The predicted molar refractivity (Wildman–Crippen MR) is 135 cm³/mol. The molecule has 0 fully saturated rings. The number of aliphatic imine (C=N–C) groups is 1. The fraction of sp³-hybridized carbons (Fsp3) is 0.391. The van der Waals surface area contributed by atoms with Crippen molar-refractivity contribution in [2.45, 2.75) is 33.5 Å². The van der Waals surface area contributed by atoms with E-state index in [0.29, 0.717) is 31.2 Å². The van der Waals surface area contributed by atoms with E-state index in [2.05, 4.69) is 20.4 Å². The van der Waals surface area contributed by atoms with Crippen molar-refractivity contribution in [3.63, 3.8) is 0 Å². The summed E-state index contributed by atoms with van der Waals surface area (Å²) < 4.78 is 35.8. The fourth-order valence-electron chi connectivity index (χ4n) is 3.04. The number of rotatable bonds is 11. The van der Waals surface area contributed by atoms with Crippen LogP contribution in [0.2, 0.25) is 0 Å². The van der Waals surface area contributed by atoms with Crippen LogP contribution in [0.4, 0.5) is 8.78 Å². The first-order valence-corrected chi connectivity index (χ1v) is 10.4. The zero-order valence-corrected chi connectivity index (χ0v) is 21.3. The Balaban J connectivity index is 0.00000544. The van der Waals surface area contributed by atoms with Crippen molar-refractivity contribution in [2.24, 2.45) is 4.99 Å². The first kappa shape index (κ1) is 28.4. The standard InChI is InChI=1S/C23H30F2N4O3.HI/c1-4-29(16-17-10-7-6-8-11-17)20(30)15-28-23(26-3)27-14-18-12-9-13-19(31-5-2)21(18)32-22(24)25;/h6-13,22H,4-5,14-16H2,1-3H3,(H2,26,27,28);1H. The molecule has 2 N–H and O–H groups in total. The van der Waals surface area contributed by atoms with E-state index in [0.717, 1.165) is 5.56 Å². The van der Waals surface area contributed by atoms with Crippen molar-refractivity contribution >= 4 is 35.8 Å². The lowest BCUT2D eigenvalue weighted by atomic mass is 10.2. The zero-order chi connectivity index (χ0) is 23.3. The molecule has 0 atom stereocenters. The molecule has 0 unspecified atom stereocenters. The molecule has 182 valence electrons. The summed E-state index contributed by atoms with van der Waals surface area (Å²) >= 11 is 0. The van der Waals surface area contributed by atoms with E-state index in [1.807, 2.05) is 37.3 Å². The third-order valence-corrected chi connectivity index (χ3v) is 4.59. The molecule has 0 heterocycles. The van der Waals surface area contributed by atoms with Crippen LogP contribution >= 0.6 is 24.0 Å². The van der Waals surface area contributed by atoms with Crippen molar-refractivity contribution in [1.29, 1.82) is 0 Å². The molecular weight excluding hydrogens is 545 g/mol. The first-order valence-electron chi connectivity index (χ1n) is 10.4. The highest BCUT2D eigenvalue weighted by atomic mass is 127. The number of guanidine groups is 1. The molecule has 2 rings (SSSR count). The van der Waals surface area contributed by atoms with Crippen LogP contribution < -0.4 is 20.1 Å². The van der Waals surface area contributed by atoms with Crippen LogP contribution in [0.3, 0.4) is 0 Å². The molecule has 0 saturated carbocycles. The van der Waals surface area contributed by atoms with Gasteiger partial charge in [0, 0.05) is 32.2 Å². The van der Waals surface area contributed by atoms with Gasteiger partial charge in [0.2, 0.25) is 5.91 Å². The summed E-state index contributed by atoms with van der Waals surface area (Å²) in [5.74, 6) is 0.492. The predicted octanol–water partition coefficient (Wildman–Crippen LogP) is 4.02. The number of amides is 1. The third-order valence-electron chi connectivity index (χ3n) is 4.59. The number of alkyl halides is 2. The van der Waals surface area contributed by atoms with Gasteiger partial charge in [0.25, 0.3) is 0 Å². The molecule has 10 heteroatoms. The zero-order valence-electron chi connectivity index (χ0n) is 19.0. The minimum Gasteiger partial charge on any atom is -0.490 e. The van der Waals surface area contributed by atoms with Crippen molar-refractivity contribution < 1.29 is 23.0 Å². The number of carbonyl (C=O) groups excluding carboxylic acids is 1. The average Bonchev–Trinajstić information content (AvgIpc) is 2.79. The monoisotopic (exact) mass is 576 g/mol. The number of halogens is 3. The van der Waals surface area contributed by atoms with Crippen molar-refractivity contribution in [3.05, 3.63) is 59.7 Å². The van der Waals surface area contributed by atoms with Gasteiger partial charge in [0.05, 0.1) is 13.2 Å². The highest BCUT2D eigenvalue weighted by Crippen LogP contribution is 2.32. The van der Waals surface area contributed by atoms with Gasteiger partial charge in [0.15, 0.2) is 17.5 Å². The highest BCUT2D eigenvalue weighted by Gasteiger charge is 2.17. The van der Waals surface area contributed by atoms with E-state index in [-0.39, 0.29) is 54.5 Å². The van der Waals surface area contributed by atoms with Crippen LogP contribution in [0.25, 0.3) is 0 Å². The minimum absolute atomic E-state index is 0. The molecular formula is C23H31F2IN4O3. The molecule has 0 aromatic heterocycles. The number of hydrogen-bond donors (Lipinski definition) is 2. The number of nitrogens with one attached hydrogen (secondary N) is 2. The Hall–Kier alpha value is -2.63. The Morgan fingerprint density at radius 3 is 2.42 bits per heavy atom. The number of carbonyl (C=O) groups is 1. The SMILES string of the molecule is CCOc1cccc(CNC(=NC)NCC(=O)N(CC)Cc2ccccc2)c1OC(F)F.I. The van der Waals surface area contributed by atoms with Gasteiger partial charge >= 0.3 is 6.61 Å². The molecule has 0 radical (unpaired) electrons. The Morgan fingerprint density at radius 1 is 1.09 bits per heavy atom. The largest absolute Gasteiger partial charge is 0.490 e. The first-order chi connectivity index (χ1) is 15.5. The third kappa shape index (κ3) is 9.40. The molecule has 33 heavy (non-hydrogen) atoms. The van der Waals surface area contributed by atoms with Crippen molar-refractivity contribution in [3.8, 4) is 11.5 Å². The maximum atomic E-state index is 12.9. The molecule has 1 amide bonds. The molecule has 0 aliphatic heterocycles. The summed E-state index contributed by atoms with van der Waals surface area (Å²) in [6, 6.07) is 14.7. The summed E-state index contributed by atoms with van der Waals surface area (Å²) in [5.41, 5.74) is 1.52. The van der Waals surface area contributed by atoms with Gasteiger partial charge in [-0.2, -0.15) is 8.78 Å². The second-order valence-electron chi connectivity index (χ2n) is 6.73. The van der Waals surface area contributed by atoms with Gasteiger partial charge in [-0.1, -0.05) is 42.5 Å². The maximum Gasteiger partial charge on any atom is 0.387 e. The normalized spacial score (nSPS) is 10.9. The number of benzene rings is 2. The summed E-state index contributed by atoms with van der Waals surface area (Å²) in [6.45, 7) is 2.30. The lowest BCUT2D eigenvalue weighted by Gasteiger charge is -2.22. The molecule has 0 aliphatic carbocycles. The van der Waals surface area contributed by atoms with Gasteiger partial charge in [-0.15, -0.1) is 24.0 Å². The molecule has 2 aromatic carbocycles. The Morgan fingerprint density at radius 2 is 1.82 bits per heavy atom. The van der Waals surface area contributed by atoms with E-state index < -0.39 is 6.61 Å². The Bertz CT molecular complexity index is 885. The number of para-hydroxylation sites is 1. The van der Waals surface area contributed by atoms with Crippen LogP contribution in [0, 0.1) is 0 Å². The second kappa shape index (κ2) is 15.3. The summed E-state index contributed by atoms with van der Waals surface area (Å²) in [6.07, 6.45) is 0. The Labute approximate surface area is 210 Å². The molecule has 2 aromatic rings. The number of hydrogen-bond acceptors (Lipinski definition) is 4. The van der Waals surface area contributed by atoms with E-state index >= 15 is 0 Å². The molecule has 0 spiro atoms. The molecule has 7 nitrogen and oxygen atoms in total. The van der Waals surface area contributed by atoms with Crippen molar-refractivity contribution in [2.75, 3.05) is 26.7 Å². The molecule has 0 bridgehead atoms. The topological polar surface area (TPSA) is 75.2 Å². The van der Waals surface area contributed by atoms with Crippen LogP contribution in [0.15, 0.2) is 53.5 Å². The maximum absolute atomic E-state index is 12.9. The highest BCUT2D eigenvalue weighted by molar-refractivity contribution is 14.0. The number of ether oxygens (including phenoxy) is 2. The molecule has 0 saturated heterocycles. The minimum atomic E-state index is -2.98. The molecule has 0 aliphatic rings. The van der Waals surface area contributed by atoms with Gasteiger partial charge in [-0.3, -0.25) is 9.79 Å². The van der Waals surface area contributed by atoms with E-state index in [9.17, 15) is 13.6 Å². The smallest absolute Gasteiger partial charge is 0.387 e. The van der Waals surface area contributed by atoms with Crippen LogP contribution in [-0.2, 0) is 17.9 Å². The lowest BCUT2D eigenvalue weighted by molar-refractivity contribution is -0.130. The fourth-order valence-corrected chi connectivity index (χ4v) is 3.04. The number of nitrogens with zero attached hydrogens (tertiary/aromatic N) is 2. The summed E-state index contributed by atoms with van der Waals surface area (Å²) in [4.78, 5) is 18.5. The van der Waals surface area contributed by atoms with Crippen LogP contribution in [0.1, 0.15) is 25.0 Å². The Kier molecular flexibility index (Phi) is 13.1. The van der Waals surface area contributed by atoms with Gasteiger partial charge in [0.1, 0.15) is 0 Å². The average molecular weight is 576 g/mol. The number of likely N-dealkylation sites (N-methyl/N-ethyl adjacent to an activating group) is 1. The quantitative estimate of drug-likeness (QED) is 0.240. The summed E-state index contributed by atoms with van der Waals surface area (Å²) in [5, 5.41) is 5.99. The summed E-state index contributed by atoms with van der Waals surface area (Å²) in [7, 11) is 1.56. The van der Waals surface area contributed by atoms with E-state index in [1.165, 1.54) is 0 Å². The van der Waals surface area contributed by atoms with E-state index in [1.54, 1.807) is 37.1 Å². The van der Waals surface area contributed by atoms with Gasteiger partial charge in [-0.25, -0.2) is 0 Å². The van der Waals surface area contributed by atoms with Crippen LogP contribution in [0.5, 0.6) is 11.5 Å².